The van der Waals surface area contributed by atoms with Crippen LogP contribution in [-0.2, 0) is 0 Å². The fourth-order valence-corrected chi connectivity index (χ4v) is 4.06. The lowest BCUT2D eigenvalue weighted by molar-refractivity contribution is 0.217. The Morgan fingerprint density at radius 2 is 1.76 bits per heavy atom. The zero-order valence-electron chi connectivity index (χ0n) is 14.6. The summed E-state index contributed by atoms with van der Waals surface area (Å²) in [4.78, 5) is 14.7. The largest absolute Gasteiger partial charge is 0.420 e. The van der Waals surface area contributed by atoms with Crippen LogP contribution in [0.3, 0.4) is 0 Å². The molecule has 3 heterocycles. The molecule has 2 aliphatic rings. The van der Waals surface area contributed by atoms with Crippen LogP contribution < -0.4 is 11.1 Å². The first-order chi connectivity index (χ1) is 11.2. The summed E-state index contributed by atoms with van der Waals surface area (Å²) in [7, 11) is 2.14. The van der Waals surface area contributed by atoms with Gasteiger partial charge in [-0.15, -0.1) is 24.8 Å². The molecule has 4 rings (SSSR count). The standard InChI is InChI=1S/C18H25N3O2.2ClH/c1-20-10-6-15(7-11-20)21-16-3-2-14(12-17(16)23-18(21)22)13-4-8-19-9-5-13;;/h2-3,12-13,15,19H,4-11H2,1H3;2*1H. The van der Waals surface area contributed by atoms with Crippen LogP contribution in [0.4, 0.5) is 0 Å². The van der Waals surface area contributed by atoms with E-state index in [1.807, 2.05) is 4.57 Å². The van der Waals surface area contributed by atoms with Crippen LogP contribution in [0.25, 0.3) is 11.1 Å². The molecule has 0 amide bonds. The van der Waals surface area contributed by atoms with E-state index in [0.29, 0.717) is 5.92 Å². The van der Waals surface area contributed by atoms with Crippen LogP contribution in [0.15, 0.2) is 27.4 Å². The van der Waals surface area contributed by atoms with E-state index in [2.05, 4.69) is 35.5 Å². The molecule has 2 aromatic rings. The van der Waals surface area contributed by atoms with Gasteiger partial charge in [0.2, 0.25) is 0 Å². The predicted octanol–water partition coefficient (Wildman–Crippen LogP) is 3.17. The normalized spacial score (nSPS) is 20.2. The number of halogens is 2. The molecule has 25 heavy (non-hydrogen) atoms. The third-order valence-corrected chi connectivity index (χ3v) is 5.50. The minimum Gasteiger partial charge on any atom is -0.408 e. The van der Waals surface area contributed by atoms with E-state index in [1.54, 1.807) is 0 Å². The monoisotopic (exact) mass is 387 g/mol. The van der Waals surface area contributed by atoms with Gasteiger partial charge in [0.25, 0.3) is 0 Å². The molecule has 7 heteroatoms. The molecule has 2 fully saturated rings. The summed E-state index contributed by atoms with van der Waals surface area (Å²) in [5, 5.41) is 3.40. The lowest BCUT2D eigenvalue weighted by Gasteiger charge is -2.29. The molecule has 140 valence electrons. The topological polar surface area (TPSA) is 50.4 Å². The van der Waals surface area contributed by atoms with Crippen LogP contribution in [0.5, 0.6) is 0 Å². The van der Waals surface area contributed by atoms with Crippen molar-refractivity contribution >= 4 is 35.9 Å². The molecule has 1 aromatic carbocycles. The molecular formula is C18H27Cl2N3O2. The zero-order valence-corrected chi connectivity index (χ0v) is 16.2. The zero-order chi connectivity index (χ0) is 15.8. The number of nitrogens with zero attached hydrogens (tertiary/aromatic N) is 2. The fourth-order valence-electron chi connectivity index (χ4n) is 4.06. The Kier molecular flexibility index (Phi) is 6.97. The molecule has 5 nitrogen and oxygen atoms in total. The minimum atomic E-state index is -0.197. The van der Waals surface area contributed by atoms with E-state index >= 15 is 0 Å². The molecule has 2 aliphatic heterocycles. The highest BCUT2D eigenvalue weighted by molar-refractivity contribution is 5.85. The molecule has 0 unspecified atom stereocenters. The van der Waals surface area contributed by atoms with Crippen molar-refractivity contribution in [1.29, 1.82) is 0 Å². The van der Waals surface area contributed by atoms with Crippen molar-refractivity contribution in [2.45, 2.75) is 37.6 Å². The smallest absolute Gasteiger partial charge is 0.408 e. The van der Waals surface area contributed by atoms with Crippen molar-refractivity contribution in [2.24, 2.45) is 0 Å². The maximum Gasteiger partial charge on any atom is 0.420 e. The Balaban J connectivity index is 0.00000113. The molecule has 1 aromatic heterocycles. The molecular weight excluding hydrogens is 361 g/mol. The van der Waals surface area contributed by atoms with Gasteiger partial charge in [-0.25, -0.2) is 4.79 Å². The van der Waals surface area contributed by atoms with E-state index < -0.39 is 0 Å². The molecule has 0 radical (unpaired) electrons. The predicted molar refractivity (Wildman–Crippen MR) is 106 cm³/mol. The molecule has 0 bridgehead atoms. The second-order valence-electron chi connectivity index (χ2n) is 7.02. The summed E-state index contributed by atoms with van der Waals surface area (Å²) in [6.07, 6.45) is 4.35. The summed E-state index contributed by atoms with van der Waals surface area (Å²) in [6, 6.07) is 6.65. The number of likely N-dealkylation sites (tertiary alicyclic amines) is 1. The number of aromatic nitrogens is 1. The first-order valence-corrected chi connectivity index (χ1v) is 8.76. The van der Waals surface area contributed by atoms with Gasteiger partial charge < -0.3 is 14.6 Å². The van der Waals surface area contributed by atoms with Gasteiger partial charge in [-0.2, -0.15) is 0 Å². The average molecular weight is 388 g/mol. The Hall–Kier alpha value is -1.01. The van der Waals surface area contributed by atoms with Crippen molar-refractivity contribution in [2.75, 3.05) is 33.2 Å². The number of rotatable bonds is 2. The first-order valence-electron chi connectivity index (χ1n) is 8.76. The van der Waals surface area contributed by atoms with Crippen molar-refractivity contribution < 1.29 is 4.42 Å². The van der Waals surface area contributed by atoms with Crippen LogP contribution in [-0.4, -0.2) is 42.7 Å². The van der Waals surface area contributed by atoms with E-state index in [0.717, 1.165) is 63.0 Å². The van der Waals surface area contributed by atoms with Crippen LogP contribution in [0, 0.1) is 0 Å². The van der Waals surface area contributed by atoms with Crippen molar-refractivity contribution in [3.8, 4) is 0 Å². The Labute approximate surface area is 160 Å². The van der Waals surface area contributed by atoms with E-state index in [4.69, 9.17) is 4.42 Å². The van der Waals surface area contributed by atoms with E-state index in [-0.39, 0.29) is 36.6 Å². The quantitative estimate of drug-likeness (QED) is 0.859. The Bertz CT molecular complexity index is 744. The number of benzene rings is 1. The van der Waals surface area contributed by atoms with Gasteiger partial charge in [-0.1, -0.05) is 6.07 Å². The lowest BCUT2D eigenvalue weighted by Crippen LogP contribution is -2.34. The second kappa shape index (κ2) is 8.58. The maximum atomic E-state index is 12.4. The van der Waals surface area contributed by atoms with Gasteiger partial charge in [0.15, 0.2) is 5.58 Å². The van der Waals surface area contributed by atoms with Crippen LogP contribution in [0.2, 0.25) is 0 Å². The second-order valence-corrected chi connectivity index (χ2v) is 7.02. The van der Waals surface area contributed by atoms with E-state index in [1.165, 1.54) is 5.56 Å². The number of nitrogens with one attached hydrogen (secondary N) is 1. The summed E-state index contributed by atoms with van der Waals surface area (Å²) >= 11 is 0. The molecule has 0 spiro atoms. The van der Waals surface area contributed by atoms with Gasteiger partial charge in [0.1, 0.15) is 0 Å². The van der Waals surface area contributed by atoms with Gasteiger partial charge >= 0.3 is 5.76 Å². The molecule has 0 atom stereocenters. The highest BCUT2D eigenvalue weighted by Gasteiger charge is 2.24. The van der Waals surface area contributed by atoms with Gasteiger partial charge in [0.05, 0.1) is 5.52 Å². The number of hydrogen-bond donors (Lipinski definition) is 1. The van der Waals surface area contributed by atoms with Crippen molar-refractivity contribution in [3.63, 3.8) is 0 Å². The van der Waals surface area contributed by atoms with Crippen LogP contribution >= 0.6 is 24.8 Å². The first kappa shape index (κ1) is 20.3. The highest BCUT2D eigenvalue weighted by Crippen LogP contribution is 2.30. The Morgan fingerprint density at radius 1 is 1.08 bits per heavy atom. The third-order valence-electron chi connectivity index (χ3n) is 5.50. The molecule has 1 N–H and O–H groups in total. The van der Waals surface area contributed by atoms with Gasteiger partial charge in [-0.05, 0) is 82.5 Å². The maximum absolute atomic E-state index is 12.4. The average Bonchev–Trinajstić information content (AvgIpc) is 2.91. The number of hydrogen-bond acceptors (Lipinski definition) is 4. The molecule has 0 saturated carbocycles. The van der Waals surface area contributed by atoms with Crippen LogP contribution in [0.1, 0.15) is 43.2 Å². The summed E-state index contributed by atoms with van der Waals surface area (Å²) < 4.78 is 7.47. The van der Waals surface area contributed by atoms with Crippen molar-refractivity contribution in [1.82, 2.24) is 14.8 Å². The molecule has 0 aliphatic carbocycles. The minimum absolute atomic E-state index is 0. The number of piperidine rings is 2. The van der Waals surface area contributed by atoms with E-state index in [9.17, 15) is 4.79 Å². The molecule has 2 saturated heterocycles. The summed E-state index contributed by atoms with van der Waals surface area (Å²) in [6.45, 7) is 4.22. The van der Waals surface area contributed by atoms with Gasteiger partial charge in [-0.3, -0.25) is 4.57 Å². The van der Waals surface area contributed by atoms with Gasteiger partial charge in [0, 0.05) is 6.04 Å². The summed E-state index contributed by atoms with van der Waals surface area (Å²) in [5.41, 5.74) is 3.02. The number of fused-ring (bicyclic) bond motifs is 1. The summed E-state index contributed by atoms with van der Waals surface area (Å²) in [5.74, 6) is 0.384. The SMILES string of the molecule is CN1CCC(n2c(=O)oc3cc(C4CCNCC4)ccc32)CC1.Cl.Cl. The third kappa shape index (κ3) is 4.05. The highest BCUT2D eigenvalue weighted by atomic mass is 35.5. The van der Waals surface area contributed by atoms with Crippen molar-refractivity contribution in [3.05, 3.63) is 34.3 Å². The lowest BCUT2D eigenvalue weighted by atomic mass is 9.90. The fraction of sp³-hybridized carbons (Fsp3) is 0.611. The Morgan fingerprint density at radius 3 is 2.44 bits per heavy atom. The number of oxazole rings is 1.